The van der Waals surface area contributed by atoms with Gasteiger partial charge in [0.25, 0.3) is 5.91 Å². The lowest BCUT2D eigenvalue weighted by atomic mass is 10.2. The maximum atomic E-state index is 12.7. The van der Waals surface area contributed by atoms with Crippen molar-refractivity contribution in [1.82, 2.24) is 5.43 Å². The fourth-order valence-corrected chi connectivity index (χ4v) is 4.19. The summed E-state index contributed by atoms with van der Waals surface area (Å²) in [5.41, 5.74) is 5.68. The summed E-state index contributed by atoms with van der Waals surface area (Å²) in [6.07, 6.45) is 1.56. The lowest BCUT2D eigenvalue weighted by molar-refractivity contribution is 0.0954. The molecule has 38 heavy (non-hydrogen) atoms. The molecule has 0 spiro atoms. The number of nitrogens with zero attached hydrogens (tertiary/aromatic N) is 1. The number of amides is 1. The van der Waals surface area contributed by atoms with Gasteiger partial charge in [0.2, 0.25) is 0 Å². The lowest BCUT2D eigenvalue weighted by Crippen LogP contribution is -2.17. The third-order valence-electron chi connectivity index (χ3n) is 5.42. The van der Waals surface area contributed by atoms with Crippen molar-refractivity contribution >= 4 is 39.7 Å². The Morgan fingerprint density at radius 3 is 2.37 bits per heavy atom. The monoisotopic (exact) mass is 592 g/mol. The zero-order valence-corrected chi connectivity index (χ0v) is 23.0. The van der Waals surface area contributed by atoms with Gasteiger partial charge in [-0.1, -0.05) is 60.1 Å². The molecule has 4 rings (SSSR count). The van der Waals surface area contributed by atoms with Crippen molar-refractivity contribution in [3.63, 3.8) is 0 Å². The second kappa shape index (κ2) is 13.7. The van der Waals surface area contributed by atoms with Gasteiger partial charge < -0.3 is 14.2 Å². The molecule has 0 aliphatic rings. The first kappa shape index (κ1) is 27.2. The van der Waals surface area contributed by atoms with Crippen LogP contribution < -0.4 is 19.6 Å². The van der Waals surface area contributed by atoms with Gasteiger partial charge in [0.15, 0.2) is 11.5 Å². The largest absolute Gasteiger partial charge is 0.490 e. The molecule has 4 aromatic rings. The third-order valence-corrected chi connectivity index (χ3v) is 6.41. The molecule has 0 heterocycles. The van der Waals surface area contributed by atoms with Gasteiger partial charge in [-0.3, -0.25) is 4.79 Å². The maximum absolute atomic E-state index is 12.7. The Balaban J connectivity index is 1.35. The van der Waals surface area contributed by atoms with Crippen molar-refractivity contribution < 1.29 is 19.0 Å². The quantitative estimate of drug-likeness (QED) is 0.145. The zero-order valence-electron chi connectivity index (χ0n) is 20.7. The molecule has 0 radical (unpaired) electrons. The Hall–Kier alpha value is -3.81. The predicted molar refractivity (Wildman–Crippen MR) is 153 cm³/mol. The van der Waals surface area contributed by atoms with E-state index in [1.54, 1.807) is 24.4 Å². The molecule has 6 nitrogen and oxygen atoms in total. The molecule has 0 saturated carbocycles. The summed E-state index contributed by atoms with van der Waals surface area (Å²) in [6, 6.07) is 28.0. The van der Waals surface area contributed by atoms with E-state index < -0.39 is 0 Å². The van der Waals surface area contributed by atoms with E-state index in [9.17, 15) is 4.79 Å². The Morgan fingerprint density at radius 2 is 1.61 bits per heavy atom. The zero-order chi connectivity index (χ0) is 26.7. The summed E-state index contributed by atoms with van der Waals surface area (Å²) >= 11 is 9.72. The lowest BCUT2D eigenvalue weighted by Gasteiger charge is -2.13. The molecule has 0 atom stereocenters. The SMILES string of the molecule is CCOc1cc(C(=O)N/N=C/c2ccc(OCc3ccccc3Cl)c(Br)c2)ccc1OCc1ccccc1. The van der Waals surface area contributed by atoms with Crippen LogP contribution in [0.4, 0.5) is 0 Å². The van der Waals surface area contributed by atoms with Gasteiger partial charge in [-0.25, -0.2) is 5.43 Å². The smallest absolute Gasteiger partial charge is 0.271 e. The minimum Gasteiger partial charge on any atom is -0.490 e. The molecular weight excluding hydrogens is 568 g/mol. The topological polar surface area (TPSA) is 69.2 Å². The molecule has 0 aliphatic carbocycles. The summed E-state index contributed by atoms with van der Waals surface area (Å²) in [5, 5.41) is 4.75. The number of ether oxygens (including phenoxy) is 3. The average molecular weight is 594 g/mol. The van der Waals surface area contributed by atoms with E-state index >= 15 is 0 Å². The van der Waals surface area contributed by atoms with Crippen molar-refractivity contribution in [1.29, 1.82) is 0 Å². The van der Waals surface area contributed by atoms with E-state index in [0.717, 1.165) is 21.2 Å². The Morgan fingerprint density at radius 1 is 0.868 bits per heavy atom. The minimum atomic E-state index is -0.365. The van der Waals surface area contributed by atoms with Crippen LogP contribution in [0.15, 0.2) is 101 Å². The molecule has 0 unspecified atom stereocenters. The molecule has 0 bridgehead atoms. The second-order valence-corrected chi connectivity index (χ2v) is 9.40. The fourth-order valence-electron chi connectivity index (χ4n) is 3.49. The highest BCUT2D eigenvalue weighted by Crippen LogP contribution is 2.30. The third kappa shape index (κ3) is 7.60. The van der Waals surface area contributed by atoms with Crippen LogP contribution in [0.25, 0.3) is 0 Å². The van der Waals surface area contributed by atoms with Crippen molar-refractivity contribution in [2.45, 2.75) is 20.1 Å². The van der Waals surface area contributed by atoms with Crippen LogP contribution in [0.1, 0.15) is 34.0 Å². The van der Waals surface area contributed by atoms with Crippen LogP contribution in [-0.2, 0) is 13.2 Å². The van der Waals surface area contributed by atoms with Gasteiger partial charge in [-0.05, 0) is 76.4 Å². The molecule has 0 fully saturated rings. The van der Waals surface area contributed by atoms with Crippen LogP contribution in [-0.4, -0.2) is 18.7 Å². The van der Waals surface area contributed by atoms with Crippen LogP contribution in [0.2, 0.25) is 5.02 Å². The average Bonchev–Trinajstić information content (AvgIpc) is 2.93. The van der Waals surface area contributed by atoms with Crippen molar-refractivity contribution in [2.75, 3.05) is 6.61 Å². The number of hydrogen-bond donors (Lipinski definition) is 1. The molecule has 1 amide bonds. The highest BCUT2D eigenvalue weighted by molar-refractivity contribution is 9.10. The highest BCUT2D eigenvalue weighted by atomic mass is 79.9. The molecule has 1 N–H and O–H groups in total. The van der Waals surface area contributed by atoms with Crippen LogP contribution in [0.5, 0.6) is 17.2 Å². The Bertz CT molecular complexity index is 1410. The van der Waals surface area contributed by atoms with Crippen LogP contribution >= 0.6 is 27.5 Å². The molecular formula is C30H26BrClN2O4. The van der Waals surface area contributed by atoms with E-state index in [2.05, 4.69) is 26.5 Å². The maximum Gasteiger partial charge on any atom is 0.271 e. The number of hydrazone groups is 1. The fraction of sp³-hybridized carbons (Fsp3) is 0.133. The second-order valence-electron chi connectivity index (χ2n) is 8.14. The molecule has 194 valence electrons. The first-order valence-electron chi connectivity index (χ1n) is 12.0. The van der Waals surface area contributed by atoms with Gasteiger partial charge in [-0.2, -0.15) is 5.10 Å². The summed E-state index contributed by atoms with van der Waals surface area (Å²) in [5.74, 6) is 1.37. The van der Waals surface area contributed by atoms with Crippen molar-refractivity contribution in [3.05, 3.63) is 123 Å². The van der Waals surface area contributed by atoms with E-state index in [1.807, 2.05) is 79.7 Å². The number of hydrogen-bond acceptors (Lipinski definition) is 5. The van der Waals surface area contributed by atoms with E-state index in [1.165, 1.54) is 0 Å². The number of benzene rings is 4. The number of rotatable bonds is 11. The van der Waals surface area contributed by atoms with Crippen LogP contribution in [0, 0.1) is 0 Å². The molecule has 0 saturated heterocycles. The number of carbonyl (C=O) groups excluding carboxylic acids is 1. The molecule has 4 aromatic carbocycles. The standard InChI is InChI=1S/C30H26BrClN2O4/c1-2-36-29-17-23(13-15-28(29)37-19-21-8-4-3-5-9-21)30(35)34-33-18-22-12-14-27(25(31)16-22)38-20-24-10-6-7-11-26(24)32/h3-18H,2,19-20H2,1H3,(H,34,35)/b33-18+. The van der Waals surface area contributed by atoms with E-state index in [-0.39, 0.29) is 5.91 Å². The molecule has 8 heteroatoms. The predicted octanol–water partition coefficient (Wildman–Crippen LogP) is 7.42. The first-order valence-corrected chi connectivity index (χ1v) is 13.1. The Labute approximate surface area is 235 Å². The number of carbonyl (C=O) groups is 1. The van der Waals surface area contributed by atoms with E-state index in [4.69, 9.17) is 25.8 Å². The van der Waals surface area contributed by atoms with Crippen molar-refractivity contribution in [3.8, 4) is 17.2 Å². The van der Waals surface area contributed by atoms with Gasteiger partial charge in [0, 0.05) is 16.1 Å². The molecule has 0 aromatic heterocycles. The summed E-state index contributed by atoms with van der Waals surface area (Å²) < 4.78 is 18.2. The van der Waals surface area contributed by atoms with E-state index in [0.29, 0.717) is 47.7 Å². The van der Waals surface area contributed by atoms with Crippen molar-refractivity contribution in [2.24, 2.45) is 5.10 Å². The van der Waals surface area contributed by atoms with Crippen LogP contribution in [0.3, 0.4) is 0 Å². The minimum absolute atomic E-state index is 0.349. The Kier molecular flexibility index (Phi) is 9.78. The summed E-state index contributed by atoms with van der Waals surface area (Å²) in [7, 11) is 0. The number of halogens is 2. The number of nitrogens with one attached hydrogen (secondary N) is 1. The molecule has 0 aliphatic heterocycles. The van der Waals surface area contributed by atoms with Gasteiger partial charge in [-0.15, -0.1) is 0 Å². The highest BCUT2D eigenvalue weighted by Gasteiger charge is 2.12. The van der Waals surface area contributed by atoms with Gasteiger partial charge in [0.05, 0.1) is 17.3 Å². The normalized spacial score (nSPS) is 10.8. The van der Waals surface area contributed by atoms with Gasteiger partial charge >= 0.3 is 0 Å². The summed E-state index contributed by atoms with van der Waals surface area (Å²) in [6.45, 7) is 3.07. The summed E-state index contributed by atoms with van der Waals surface area (Å²) in [4.78, 5) is 12.7. The van der Waals surface area contributed by atoms with Gasteiger partial charge in [0.1, 0.15) is 19.0 Å². The first-order chi connectivity index (χ1) is 18.5.